The van der Waals surface area contributed by atoms with Gasteiger partial charge in [0.25, 0.3) is 0 Å². The van der Waals surface area contributed by atoms with Crippen LogP contribution in [-0.4, -0.2) is 18.4 Å². The van der Waals surface area contributed by atoms with Crippen molar-refractivity contribution in [2.24, 2.45) is 0 Å². The highest BCUT2D eigenvalue weighted by Gasteiger charge is 2.19. The van der Waals surface area contributed by atoms with Crippen molar-refractivity contribution < 1.29 is 4.79 Å². The van der Waals surface area contributed by atoms with Crippen LogP contribution in [0.15, 0.2) is 12.7 Å². The van der Waals surface area contributed by atoms with Gasteiger partial charge in [-0.25, -0.2) is 0 Å². The van der Waals surface area contributed by atoms with Gasteiger partial charge in [0.15, 0.2) is 5.78 Å². The Balaban J connectivity index is 2.32. The Hall–Kier alpha value is -0.630. The number of carbonyl (C=O) groups excluding carboxylic acids is 1. The van der Waals surface area contributed by atoms with Crippen LogP contribution in [0.5, 0.6) is 0 Å². The molecule has 2 nitrogen and oxygen atoms in total. The van der Waals surface area contributed by atoms with Crippen LogP contribution in [0.25, 0.3) is 0 Å². The Morgan fingerprint density at radius 2 is 2.60 bits per heavy atom. The first kappa shape index (κ1) is 7.48. The highest BCUT2D eigenvalue weighted by Crippen LogP contribution is 2.07. The summed E-state index contributed by atoms with van der Waals surface area (Å²) in [5.74, 6) is 0.285. The Kier molecular flexibility index (Phi) is 2.63. The van der Waals surface area contributed by atoms with Crippen molar-refractivity contribution in [3.8, 4) is 0 Å². The molecule has 1 heterocycles. The highest BCUT2D eigenvalue weighted by atomic mass is 16.1. The average Bonchev–Trinajstić information content (AvgIpc) is 2.38. The molecule has 1 aliphatic rings. The van der Waals surface area contributed by atoms with Gasteiger partial charge in [-0.05, 0) is 19.4 Å². The standard InChI is InChI=1S/C8H13NO/c1-2-4-8(10)7-5-3-6-9-7/h2,7,9H,1,3-6H2/t7-/m0/s1. The molecule has 1 fully saturated rings. The van der Waals surface area contributed by atoms with Crippen molar-refractivity contribution in [2.75, 3.05) is 6.54 Å². The minimum Gasteiger partial charge on any atom is -0.307 e. The predicted molar refractivity (Wildman–Crippen MR) is 40.8 cm³/mol. The zero-order valence-corrected chi connectivity index (χ0v) is 6.10. The largest absolute Gasteiger partial charge is 0.307 e. The lowest BCUT2D eigenvalue weighted by atomic mass is 10.1. The molecule has 0 spiro atoms. The van der Waals surface area contributed by atoms with Gasteiger partial charge in [0.05, 0.1) is 6.04 Å². The third-order valence-electron chi connectivity index (χ3n) is 1.79. The molecule has 0 bridgehead atoms. The van der Waals surface area contributed by atoms with E-state index in [-0.39, 0.29) is 11.8 Å². The maximum absolute atomic E-state index is 11.1. The van der Waals surface area contributed by atoms with E-state index in [4.69, 9.17) is 0 Å². The lowest BCUT2D eigenvalue weighted by Crippen LogP contribution is -2.30. The first-order valence-corrected chi connectivity index (χ1v) is 3.71. The van der Waals surface area contributed by atoms with Crippen LogP contribution < -0.4 is 5.32 Å². The van der Waals surface area contributed by atoms with Crippen LogP contribution in [0.3, 0.4) is 0 Å². The summed E-state index contributed by atoms with van der Waals surface area (Å²) in [5, 5.41) is 3.14. The number of hydrogen-bond acceptors (Lipinski definition) is 2. The van der Waals surface area contributed by atoms with Gasteiger partial charge < -0.3 is 5.32 Å². The maximum Gasteiger partial charge on any atom is 0.153 e. The number of carbonyl (C=O) groups is 1. The van der Waals surface area contributed by atoms with Gasteiger partial charge in [0.2, 0.25) is 0 Å². The van der Waals surface area contributed by atoms with Crippen molar-refractivity contribution >= 4 is 5.78 Å². The molecule has 0 saturated carbocycles. The van der Waals surface area contributed by atoms with E-state index in [0.29, 0.717) is 6.42 Å². The quantitative estimate of drug-likeness (QED) is 0.588. The van der Waals surface area contributed by atoms with Gasteiger partial charge in [-0.1, -0.05) is 6.08 Å². The van der Waals surface area contributed by atoms with Crippen LogP contribution in [0.4, 0.5) is 0 Å². The summed E-state index contributed by atoms with van der Waals surface area (Å²) >= 11 is 0. The van der Waals surface area contributed by atoms with Crippen molar-refractivity contribution in [3.63, 3.8) is 0 Å². The van der Waals surface area contributed by atoms with Crippen molar-refractivity contribution in [1.82, 2.24) is 5.32 Å². The van der Waals surface area contributed by atoms with Gasteiger partial charge in [-0.15, -0.1) is 6.58 Å². The lowest BCUT2D eigenvalue weighted by Gasteiger charge is -2.05. The summed E-state index contributed by atoms with van der Waals surface area (Å²) < 4.78 is 0. The molecule has 10 heavy (non-hydrogen) atoms. The first-order chi connectivity index (χ1) is 4.84. The van der Waals surface area contributed by atoms with E-state index in [1.54, 1.807) is 6.08 Å². The van der Waals surface area contributed by atoms with Crippen LogP contribution in [-0.2, 0) is 4.79 Å². The van der Waals surface area contributed by atoms with E-state index in [1.807, 2.05) is 0 Å². The molecule has 0 amide bonds. The molecule has 0 radical (unpaired) electrons. The van der Waals surface area contributed by atoms with E-state index >= 15 is 0 Å². The molecule has 0 aromatic heterocycles. The Morgan fingerprint density at radius 1 is 1.80 bits per heavy atom. The molecule has 56 valence electrons. The molecule has 0 aromatic rings. The average molecular weight is 139 g/mol. The van der Waals surface area contributed by atoms with Gasteiger partial charge in [-0.2, -0.15) is 0 Å². The summed E-state index contributed by atoms with van der Waals surface area (Å²) in [7, 11) is 0. The van der Waals surface area contributed by atoms with E-state index < -0.39 is 0 Å². The van der Waals surface area contributed by atoms with Gasteiger partial charge in [0, 0.05) is 6.42 Å². The van der Waals surface area contributed by atoms with Crippen molar-refractivity contribution in [1.29, 1.82) is 0 Å². The number of nitrogens with one attached hydrogen (secondary N) is 1. The fourth-order valence-corrected chi connectivity index (χ4v) is 1.24. The molecule has 2 heteroatoms. The SMILES string of the molecule is C=CCC(=O)[C@@H]1CCCN1. The maximum atomic E-state index is 11.1. The summed E-state index contributed by atoms with van der Waals surface area (Å²) in [6.07, 6.45) is 4.32. The molecular formula is C8H13NO. The third kappa shape index (κ3) is 1.67. The number of Topliss-reactive ketones (excluding diaryl/α,β-unsaturated/α-hetero) is 1. The number of ketones is 1. The second kappa shape index (κ2) is 3.52. The summed E-state index contributed by atoms with van der Waals surface area (Å²) in [5.41, 5.74) is 0. The number of allylic oxidation sites excluding steroid dienone is 1. The van der Waals surface area contributed by atoms with Gasteiger partial charge in [-0.3, -0.25) is 4.79 Å². The Bertz CT molecular complexity index is 136. The molecule has 0 aliphatic carbocycles. The fourth-order valence-electron chi connectivity index (χ4n) is 1.24. The van der Waals surface area contributed by atoms with E-state index in [0.717, 1.165) is 19.4 Å². The second-order valence-corrected chi connectivity index (χ2v) is 2.61. The first-order valence-electron chi connectivity index (χ1n) is 3.71. The number of hydrogen-bond donors (Lipinski definition) is 1. The van der Waals surface area contributed by atoms with Gasteiger partial charge >= 0.3 is 0 Å². The smallest absolute Gasteiger partial charge is 0.153 e. The second-order valence-electron chi connectivity index (χ2n) is 2.61. The predicted octanol–water partition coefficient (Wildman–Crippen LogP) is 0.884. The molecule has 1 saturated heterocycles. The van der Waals surface area contributed by atoms with Crippen LogP contribution in [0.2, 0.25) is 0 Å². The molecular weight excluding hydrogens is 126 g/mol. The van der Waals surface area contributed by atoms with Crippen LogP contribution >= 0.6 is 0 Å². The minimum atomic E-state index is 0.123. The molecule has 0 aromatic carbocycles. The fraction of sp³-hybridized carbons (Fsp3) is 0.625. The molecule has 1 rings (SSSR count). The Labute approximate surface area is 61.3 Å². The zero-order chi connectivity index (χ0) is 7.40. The van der Waals surface area contributed by atoms with Crippen molar-refractivity contribution in [2.45, 2.75) is 25.3 Å². The van der Waals surface area contributed by atoms with Crippen LogP contribution in [0, 0.1) is 0 Å². The van der Waals surface area contributed by atoms with Crippen molar-refractivity contribution in [3.05, 3.63) is 12.7 Å². The summed E-state index contributed by atoms with van der Waals surface area (Å²) in [6.45, 7) is 4.52. The zero-order valence-electron chi connectivity index (χ0n) is 6.10. The highest BCUT2D eigenvalue weighted by molar-refractivity contribution is 5.85. The van der Waals surface area contributed by atoms with Crippen LogP contribution in [0.1, 0.15) is 19.3 Å². The molecule has 1 aliphatic heterocycles. The molecule has 1 atom stereocenters. The summed E-state index contributed by atoms with van der Waals surface area (Å²) in [6, 6.07) is 0.123. The molecule has 1 N–H and O–H groups in total. The Morgan fingerprint density at radius 3 is 3.10 bits per heavy atom. The normalized spacial score (nSPS) is 24.6. The van der Waals surface area contributed by atoms with E-state index in [1.165, 1.54) is 0 Å². The van der Waals surface area contributed by atoms with E-state index in [2.05, 4.69) is 11.9 Å². The number of rotatable bonds is 3. The van der Waals surface area contributed by atoms with E-state index in [9.17, 15) is 4.79 Å². The third-order valence-corrected chi connectivity index (χ3v) is 1.79. The topological polar surface area (TPSA) is 29.1 Å². The minimum absolute atomic E-state index is 0.123. The summed E-state index contributed by atoms with van der Waals surface area (Å²) in [4.78, 5) is 11.1. The molecule has 0 unspecified atom stereocenters. The monoisotopic (exact) mass is 139 g/mol. The van der Waals surface area contributed by atoms with Gasteiger partial charge in [0.1, 0.15) is 0 Å². The lowest BCUT2D eigenvalue weighted by molar-refractivity contribution is -0.119.